The van der Waals surface area contributed by atoms with E-state index < -0.39 is 0 Å². The second-order valence-electron chi connectivity index (χ2n) is 4.00. The molecule has 0 fully saturated rings. The summed E-state index contributed by atoms with van der Waals surface area (Å²) in [5, 5.41) is 9.66. The maximum atomic E-state index is 5.97. The number of nitrogens with zero attached hydrogens (tertiary/aromatic N) is 3. The highest BCUT2D eigenvalue weighted by atomic mass is 35.5. The van der Waals surface area contributed by atoms with Gasteiger partial charge in [0.15, 0.2) is 10.1 Å². The third-order valence-corrected chi connectivity index (χ3v) is 4.68. The van der Waals surface area contributed by atoms with E-state index in [2.05, 4.69) is 15.2 Å². The van der Waals surface area contributed by atoms with Crippen molar-refractivity contribution in [1.82, 2.24) is 15.2 Å². The molecule has 0 aliphatic heterocycles. The van der Waals surface area contributed by atoms with Gasteiger partial charge in [0.1, 0.15) is 5.01 Å². The lowest BCUT2D eigenvalue weighted by Gasteiger charge is -1.96. The number of thioether (sulfide) groups is 1. The second kappa shape index (κ2) is 5.95. The maximum Gasteiger partial charge on any atom is 0.205 e. The van der Waals surface area contributed by atoms with Crippen molar-refractivity contribution in [3.05, 3.63) is 46.4 Å². The molecule has 0 aliphatic rings. The van der Waals surface area contributed by atoms with Crippen molar-refractivity contribution in [2.45, 2.75) is 17.0 Å². The number of benzene rings is 1. The molecule has 20 heavy (non-hydrogen) atoms. The van der Waals surface area contributed by atoms with Crippen molar-refractivity contribution in [2.75, 3.05) is 0 Å². The minimum Gasteiger partial charge on any atom is -0.440 e. The molecular formula is C13H10ClN3OS2. The predicted octanol–water partition coefficient (Wildman–Crippen LogP) is 4.45. The zero-order chi connectivity index (χ0) is 13.9. The summed E-state index contributed by atoms with van der Waals surface area (Å²) in [7, 11) is 0. The van der Waals surface area contributed by atoms with Crippen LogP contribution in [0.3, 0.4) is 0 Å². The van der Waals surface area contributed by atoms with Crippen LogP contribution in [0.2, 0.25) is 5.02 Å². The quantitative estimate of drug-likeness (QED) is 0.664. The summed E-state index contributed by atoms with van der Waals surface area (Å²) in [5.74, 6) is 2.02. The van der Waals surface area contributed by atoms with Gasteiger partial charge in [0, 0.05) is 10.6 Å². The first-order valence-electron chi connectivity index (χ1n) is 5.84. The standard InChI is InChI=1S/C13H10ClN3OS2/c1-8-16-17-13(20-8)19-7-12-15-6-11(18-12)9-3-2-4-10(14)5-9/h2-6H,7H2,1H3. The van der Waals surface area contributed by atoms with Crippen molar-refractivity contribution in [2.24, 2.45) is 0 Å². The van der Waals surface area contributed by atoms with E-state index in [4.69, 9.17) is 16.0 Å². The van der Waals surface area contributed by atoms with Crippen LogP contribution in [-0.2, 0) is 5.75 Å². The number of aryl methyl sites for hydroxylation is 1. The van der Waals surface area contributed by atoms with E-state index in [0.29, 0.717) is 16.7 Å². The molecule has 0 bridgehead atoms. The molecule has 0 saturated heterocycles. The van der Waals surface area contributed by atoms with Crippen LogP contribution in [0.5, 0.6) is 0 Å². The van der Waals surface area contributed by atoms with Gasteiger partial charge < -0.3 is 4.42 Å². The average molecular weight is 324 g/mol. The maximum absolute atomic E-state index is 5.97. The summed E-state index contributed by atoms with van der Waals surface area (Å²) in [5.41, 5.74) is 0.924. The van der Waals surface area contributed by atoms with E-state index >= 15 is 0 Å². The molecule has 102 valence electrons. The molecule has 0 atom stereocenters. The van der Waals surface area contributed by atoms with Gasteiger partial charge in [-0.15, -0.1) is 10.2 Å². The second-order valence-corrected chi connectivity index (χ2v) is 6.84. The van der Waals surface area contributed by atoms with Crippen LogP contribution in [0.1, 0.15) is 10.9 Å². The van der Waals surface area contributed by atoms with Gasteiger partial charge in [-0.05, 0) is 19.1 Å². The summed E-state index contributed by atoms with van der Waals surface area (Å²) in [6.45, 7) is 1.93. The third-order valence-electron chi connectivity index (χ3n) is 2.49. The molecule has 2 heterocycles. The lowest BCUT2D eigenvalue weighted by Crippen LogP contribution is -1.79. The molecule has 0 aliphatic carbocycles. The fourth-order valence-corrected chi connectivity index (χ4v) is 3.47. The van der Waals surface area contributed by atoms with Crippen molar-refractivity contribution in [1.29, 1.82) is 0 Å². The summed E-state index contributed by atoms with van der Waals surface area (Å²) in [6, 6.07) is 7.51. The Bertz CT molecular complexity index is 726. The Morgan fingerprint density at radius 2 is 2.25 bits per heavy atom. The molecule has 7 heteroatoms. The van der Waals surface area contributed by atoms with E-state index in [0.717, 1.165) is 20.7 Å². The smallest absolute Gasteiger partial charge is 0.205 e. The Kier molecular flexibility index (Phi) is 4.05. The Labute approximate surface area is 129 Å². The van der Waals surface area contributed by atoms with E-state index in [1.807, 2.05) is 31.2 Å². The number of halogens is 1. The van der Waals surface area contributed by atoms with Crippen molar-refractivity contribution >= 4 is 34.7 Å². The first kappa shape index (κ1) is 13.6. The monoisotopic (exact) mass is 323 g/mol. The molecule has 4 nitrogen and oxygen atoms in total. The molecule has 0 radical (unpaired) electrons. The summed E-state index contributed by atoms with van der Waals surface area (Å²) >= 11 is 9.10. The Morgan fingerprint density at radius 3 is 3.00 bits per heavy atom. The largest absolute Gasteiger partial charge is 0.440 e. The van der Waals surface area contributed by atoms with Crippen LogP contribution < -0.4 is 0 Å². The summed E-state index contributed by atoms with van der Waals surface area (Å²) < 4.78 is 6.64. The number of hydrogen-bond donors (Lipinski definition) is 0. The fourth-order valence-electron chi connectivity index (χ4n) is 1.61. The first-order valence-corrected chi connectivity index (χ1v) is 8.02. The van der Waals surface area contributed by atoms with Gasteiger partial charge in [0.2, 0.25) is 5.89 Å². The zero-order valence-corrected chi connectivity index (χ0v) is 12.9. The lowest BCUT2D eigenvalue weighted by atomic mass is 10.2. The van der Waals surface area contributed by atoms with E-state index in [1.54, 1.807) is 29.3 Å². The molecule has 3 aromatic rings. The van der Waals surface area contributed by atoms with Crippen molar-refractivity contribution < 1.29 is 4.42 Å². The van der Waals surface area contributed by atoms with Gasteiger partial charge in [-0.1, -0.05) is 46.8 Å². The van der Waals surface area contributed by atoms with Gasteiger partial charge in [0.05, 0.1) is 11.9 Å². The zero-order valence-electron chi connectivity index (χ0n) is 10.5. The molecule has 0 N–H and O–H groups in total. The molecule has 0 spiro atoms. The topological polar surface area (TPSA) is 51.8 Å². The highest BCUT2D eigenvalue weighted by Crippen LogP contribution is 2.28. The van der Waals surface area contributed by atoms with Crippen LogP contribution in [0.15, 0.2) is 39.2 Å². The third kappa shape index (κ3) is 3.20. The lowest BCUT2D eigenvalue weighted by molar-refractivity contribution is 0.530. The van der Waals surface area contributed by atoms with E-state index in [-0.39, 0.29) is 0 Å². The minimum absolute atomic E-state index is 0.634. The molecule has 0 unspecified atom stereocenters. The number of aromatic nitrogens is 3. The minimum atomic E-state index is 0.634. The molecule has 1 aromatic carbocycles. The van der Waals surface area contributed by atoms with Crippen LogP contribution in [0.4, 0.5) is 0 Å². The first-order chi connectivity index (χ1) is 9.70. The van der Waals surface area contributed by atoms with Crippen LogP contribution in [-0.4, -0.2) is 15.2 Å². The van der Waals surface area contributed by atoms with Crippen LogP contribution in [0.25, 0.3) is 11.3 Å². The highest BCUT2D eigenvalue weighted by Gasteiger charge is 2.09. The fraction of sp³-hybridized carbons (Fsp3) is 0.154. The Morgan fingerprint density at radius 1 is 1.35 bits per heavy atom. The van der Waals surface area contributed by atoms with Crippen molar-refractivity contribution in [3.8, 4) is 11.3 Å². The molecular weight excluding hydrogens is 314 g/mol. The normalized spacial score (nSPS) is 10.9. The van der Waals surface area contributed by atoms with Gasteiger partial charge in [-0.25, -0.2) is 4.98 Å². The van der Waals surface area contributed by atoms with Crippen LogP contribution in [0, 0.1) is 6.92 Å². The van der Waals surface area contributed by atoms with E-state index in [1.165, 1.54) is 0 Å². The Hall–Kier alpha value is -1.37. The number of rotatable bonds is 4. The highest BCUT2D eigenvalue weighted by molar-refractivity contribution is 8.00. The molecule has 0 saturated carbocycles. The van der Waals surface area contributed by atoms with Crippen molar-refractivity contribution in [3.63, 3.8) is 0 Å². The average Bonchev–Trinajstić information content (AvgIpc) is 3.05. The van der Waals surface area contributed by atoms with Gasteiger partial charge >= 0.3 is 0 Å². The SMILES string of the molecule is Cc1nnc(SCc2ncc(-c3cccc(Cl)c3)o2)s1. The number of oxazole rings is 1. The predicted molar refractivity (Wildman–Crippen MR) is 81.2 cm³/mol. The summed E-state index contributed by atoms with van der Waals surface area (Å²) in [6.07, 6.45) is 1.72. The molecule has 3 rings (SSSR count). The van der Waals surface area contributed by atoms with E-state index in [9.17, 15) is 0 Å². The van der Waals surface area contributed by atoms with Gasteiger partial charge in [-0.3, -0.25) is 0 Å². The van der Waals surface area contributed by atoms with Gasteiger partial charge in [-0.2, -0.15) is 0 Å². The molecule has 0 amide bonds. The molecule has 2 aromatic heterocycles. The Balaban J connectivity index is 1.70. The van der Waals surface area contributed by atoms with Crippen LogP contribution >= 0.6 is 34.7 Å². The summed E-state index contributed by atoms with van der Waals surface area (Å²) in [4.78, 5) is 4.27. The number of hydrogen-bond acceptors (Lipinski definition) is 6. The van der Waals surface area contributed by atoms with Gasteiger partial charge in [0.25, 0.3) is 0 Å².